The molecule has 1 aliphatic heterocycles. The number of urea groups is 1. The fourth-order valence-electron chi connectivity index (χ4n) is 6.07. The first-order valence-corrected chi connectivity index (χ1v) is 15.7. The number of nitrogens with one attached hydrogen (secondary N) is 2. The summed E-state index contributed by atoms with van der Waals surface area (Å²) < 4.78 is 10.9. The number of halogens is 1. The summed E-state index contributed by atoms with van der Waals surface area (Å²) in [4.78, 5) is 26.9. The van der Waals surface area contributed by atoms with Crippen LogP contribution in [-0.4, -0.2) is 78.8 Å². The lowest BCUT2D eigenvalue weighted by Gasteiger charge is -2.39. The van der Waals surface area contributed by atoms with E-state index in [0.29, 0.717) is 30.6 Å². The second kappa shape index (κ2) is 17.1. The van der Waals surface area contributed by atoms with Gasteiger partial charge in [0.05, 0.1) is 38.1 Å². The molecule has 1 saturated carbocycles. The van der Waals surface area contributed by atoms with Crippen LogP contribution in [0.25, 0.3) is 0 Å². The molecule has 232 valence electrons. The van der Waals surface area contributed by atoms with Gasteiger partial charge in [-0.15, -0.1) is 0 Å². The highest BCUT2D eigenvalue weighted by Gasteiger charge is 2.34. The summed E-state index contributed by atoms with van der Waals surface area (Å²) >= 11 is 6.31. The number of hydrogen-bond donors (Lipinski definition) is 4. The lowest BCUT2D eigenvalue weighted by atomic mass is 9.82. The molecule has 9 nitrogen and oxygen atoms in total. The molecule has 0 bridgehead atoms. The predicted octanol–water partition coefficient (Wildman–Crippen LogP) is 5.28. The number of alkyl carbamates (subject to hydrolysis) is 1. The molecule has 1 aliphatic carbocycles. The molecule has 10 heteroatoms. The molecular formula is C31H50ClN3O6. The van der Waals surface area contributed by atoms with Crippen molar-refractivity contribution in [3.05, 3.63) is 34.9 Å². The van der Waals surface area contributed by atoms with Crippen LogP contribution in [0.1, 0.15) is 83.3 Å². The van der Waals surface area contributed by atoms with E-state index < -0.39 is 24.3 Å². The Kier molecular flexibility index (Phi) is 14.0. The normalized spacial score (nSPS) is 21.1. The second-order valence-electron chi connectivity index (χ2n) is 12.0. The summed E-state index contributed by atoms with van der Waals surface area (Å²) in [5.41, 5.74) is 0.927. The molecule has 1 aromatic rings. The summed E-state index contributed by atoms with van der Waals surface area (Å²) in [7, 11) is 1.32. The Morgan fingerprint density at radius 3 is 2.54 bits per heavy atom. The van der Waals surface area contributed by atoms with Gasteiger partial charge >= 0.3 is 12.1 Å². The van der Waals surface area contributed by atoms with Crippen molar-refractivity contribution in [2.75, 3.05) is 33.4 Å². The van der Waals surface area contributed by atoms with Crippen LogP contribution in [0, 0.1) is 17.8 Å². The zero-order valence-corrected chi connectivity index (χ0v) is 25.7. The van der Waals surface area contributed by atoms with E-state index in [2.05, 4.69) is 15.4 Å². The third-order valence-electron chi connectivity index (χ3n) is 8.54. The number of carbonyl (C=O) groups is 2. The van der Waals surface area contributed by atoms with E-state index in [1.807, 2.05) is 43.0 Å². The number of amides is 3. The van der Waals surface area contributed by atoms with E-state index in [1.165, 1.54) is 26.4 Å². The van der Waals surface area contributed by atoms with Gasteiger partial charge in [0, 0.05) is 37.0 Å². The van der Waals surface area contributed by atoms with Gasteiger partial charge in [0.15, 0.2) is 0 Å². The number of piperidine rings is 1. The summed E-state index contributed by atoms with van der Waals surface area (Å²) in [5.74, 6) is 0.522. The number of ether oxygens (including phenoxy) is 2. The van der Waals surface area contributed by atoms with Gasteiger partial charge in [-0.2, -0.15) is 0 Å². The average molecular weight is 596 g/mol. The summed E-state index contributed by atoms with van der Waals surface area (Å²) in [5, 5.41) is 28.0. The lowest BCUT2D eigenvalue weighted by molar-refractivity contribution is -0.00962. The lowest BCUT2D eigenvalue weighted by Crippen LogP contribution is -2.53. The molecule has 3 rings (SSSR count). The highest BCUT2D eigenvalue weighted by molar-refractivity contribution is 6.30. The van der Waals surface area contributed by atoms with Crippen LogP contribution in [0.2, 0.25) is 5.02 Å². The van der Waals surface area contributed by atoms with Crippen molar-refractivity contribution in [2.45, 2.75) is 96.0 Å². The highest BCUT2D eigenvalue weighted by atomic mass is 35.5. The number of aliphatic hydroxyl groups is 2. The van der Waals surface area contributed by atoms with Crippen LogP contribution in [0.3, 0.4) is 0 Å². The van der Waals surface area contributed by atoms with Gasteiger partial charge in [-0.25, -0.2) is 9.59 Å². The number of benzene rings is 1. The van der Waals surface area contributed by atoms with Crippen molar-refractivity contribution < 1.29 is 29.3 Å². The van der Waals surface area contributed by atoms with Crippen molar-refractivity contribution >= 4 is 23.7 Å². The topological polar surface area (TPSA) is 120 Å². The molecule has 2 fully saturated rings. The van der Waals surface area contributed by atoms with Gasteiger partial charge in [0.2, 0.25) is 0 Å². The van der Waals surface area contributed by atoms with Crippen LogP contribution >= 0.6 is 11.6 Å². The fraction of sp³-hybridized carbons (Fsp3) is 0.742. The van der Waals surface area contributed by atoms with E-state index >= 15 is 0 Å². The molecule has 4 N–H and O–H groups in total. The van der Waals surface area contributed by atoms with Crippen molar-refractivity contribution in [3.8, 4) is 0 Å². The van der Waals surface area contributed by atoms with Crippen molar-refractivity contribution in [3.63, 3.8) is 0 Å². The maximum atomic E-state index is 13.6. The van der Waals surface area contributed by atoms with E-state index in [1.54, 1.807) is 0 Å². The van der Waals surface area contributed by atoms with Crippen LogP contribution in [0.4, 0.5) is 9.59 Å². The number of likely N-dealkylation sites (tertiary alicyclic amines) is 1. The number of hydrogen-bond acceptors (Lipinski definition) is 6. The molecule has 0 spiro atoms. The monoisotopic (exact) mass is 595 g/mol. The fourth-order valence-corrected chi connectivity index (χ4v) is 6.27. The molecule has 0 aromatic heterocycles. The van der Waals surface area contributed by atoms with Crippen LogP contribution in [0.15, 0.2) is 24.3 Å². The van der Waals surface area contributed by atoms with E-state index in [9.17, 15) is 19.8 Å². The molecule has 1 aromatic carbocycles. The van der Waals surface area contributed by atoms with Crippen molar-refractivity contribution in [1.82, 2.24) is 15.5 Å². The van der Waals surface area contributed by atoms with E-state index in [4.69, 9.17) is 16.3 Å². The Morgan fingerprint density at radius 2 is 1.85 bits per heavy atom. The van der Waals surface area contributed by atoms with Gasteiger partial charge in [0.25, 0.3) is 0 Å². The van der Waals surface area contributed by atoms with Crippen LogP contribution in [0.5, 0.6) is 0 Å². The SMILES string of the molecule is COC(=O)NCCO[C@@H](c1cccc(Cl)c1)[C@@H]1CCCN(C(=O)N[C@@H](CC2CCCCC2)[C@@H](O)C[C@H](O)C(C)C)C1. The maximum Gasteiger partial charge on any atom is 0.406 e. The van der Waals surface area contributed by atoms with E-state index in [0.717, 1.165) is 37.7 Å². The molecule has 1 heterocycles. The second-order valence-corrected chi connectivity index (χ2v) is 12.5. The van der Waals surface area contributed by atoms with E-state index in [-0.39, 0.29) is 37.0 Å². The summed E-state index contributed by atoms with van der Waals surface area (Å²) in [6.45, 7) is 5.56. The number of aliphatic hydroxyl groups excluding tert-OH is 2. The Bertz CT molecular complexity index is 944. The Morgan fingerprint density at radius 1 is 1.10 bits per heavy atom. The number of methoxy groups -OCH3 is 1. The first-order chi connectivity index (χ1) is 19.7. The third-order valence-corrected chi connectivity index (χ3v) is 8.78. The number of carbonyl (C=O) groups excluding carboxylic acids is 2. The van der Waals surface area contributed by atoms with Gasteiger partial charge in [-0.05, 0) is 48.8 Å². The molecule has 5 atom stereocenters. The Labute approximate surface area is 250 Å². The molecule has 0 unspecified atom stereocenters. The first kappa shape index (κ1) is 33.4. The Hall–Kier alpha value is -2.07. The van der Waals surface area contributed by atoms with Gasteiger partial charge < -0.3 is 35.2 Å². The molecule has 2 aliphatic rings. The average Bonchev–Trinajstić information content (AvgIpc) is 2.97. The van der Waals surface area contributed by atoms with Gasteiger partial charge in [-0.1, -0.05) is 69.7 Å². The highest BCUT2D eigenvalue weighted by Crippen LogP contribution is 2.34. The third kappa shape index (κ3) is 10.9. The molecule has 0 radical (unpaired) electrons. The van der Waals surface area contributed by atoms with Gasteiger partial charge in [-0.3, -0.25) is 0 Å². The first-order valence-electron chi connectivity index (χ1n) is 15.3. The predicted molar refractivity (Wildman–Crippen MR) is 160 cm³/mol. The zero-order valence-electron chi connectivity index (χ0n) is 24.9. The quantitative estimate of drug-likeness (QED) is 0.230. The minimum atomic E-state index is -0.816. The molecule has 41 heavy (non-hydrogen) atoms. The number of rotatable bonds is 13. The molecule has 1 saturated heterocycles. The minimum Gasteiger partial charge on any atom is -0.453 e. The minimum absolute atomic E-state index is 0.0237. The van der Waals surface area contributed by atoms with Crippen LogP contribution < -0.4 is 10.6 Å². The van der Waals surface area contributed by atoms with Gasteiger partial charge in [0.1, 0.15) is 0 Å². The Balaban J connectivity index is 1.68. The number of nitrogens with zero attached hydrogens (tertiary/aromatic N) is 1. The summed E-state index contributed by atoms with van der Waals surface area (Å²) in [6, 6.07) is 6.96. The molecular weight excluding hydrogens is 546 g/mol. The van der Waals surface area contributed by atoms with Crippen molar-refractivity contribution in [1.29, 1.82) is 0 Å². The largest absolute Gasteiger partial charge is 0.453 e. The van der Waals surface area contributed by atoms with Crippen molar-refractivity contribution in [2.24, 2.45) is 17.8 Å². The standard InChI is InChI=1S/C31H50ClN3O6/c1-21(2)27(36)19-28(37)26(17-22-9-5-4-6-10-22)34-30(38)35-15-8-12-24(20-35)29(23-11-7-13-25(32)18-23)41-16-14-33-31(39)40-3/h7,11,13,18,21-22,24,26-29,36-37H,4-6,8-10,12,14-17,19-20H2,1-3H3,(H,33,39)(H,34,38)/t24-,26+,27+,28+,29+/m1/s1. The molecule has 3 amide bonds. The summed E-state index contributed by atoms with van der Waals surface area (Å²) in [6.07, 6.45) is 6.22. The zero-order chi connectivity index (χ0) is 29.8. The maximum absolute atomic E-state index is 13.6. The van der Waals surface area contributed by atoms with Crippen LogP contribution in [-0.2, 0) is 9.47 Å². The smallest absolute Gasteiger partial charge is 0.406 e.